The van der Waals surface area contributed by atoms with E-state index in [0.29, 0.717) is 25.1 Å². The number of carbonyl (C=O) groups excluding carboxylic acids is 1. The molecular weight excluding hydrogens is 364 g/mol. The molecule has 148 valence electrons. The summed E-state index contributed by atoms with van der Waals surface area (Å²) < 4.78 is 27.8. The first-order valence-corrected chi connectivity index (χ1v) is 10.9. The number of amides is 1. The first-order chi connectivity index (χ1) is 12.8. The standard InChI is InChI=1S/C19H28N4O3S/c1-16-7-8-17(2)18(14-16)23(27(3,25)26)12-4-6-19(24)21-9-5-11-22-13-10-20-15-22/h7-8,10,13-15H,4-6,9,11-12H2,1-3H3,(H,21,24). The van der Waals surface area contributed by atoms with Gasteiger partial charge in [-0.25, -0.2) is 13.4 Å². The minimum atomic E-state index is -3.41. The zero-order chi connectivity index (χ0) is 19.9. The topological polar surface area (TPSA) is 84.3 Å². The largest absolute Gasteiger partial charge is 0.356 e. The Bertz CT molecular complexity index is 848. The third-order valence-electron chi connectivity index (χ3n) is 4.27. The van der Waals surface area contributed by atoms with Crippen molar-refractivity contribution >= 4 is 21.6 Å². The van der Waals surface area contributed by atoms with Crippen molar-refractivity contribution in [2.45, 2.75) is 39.7 Å². The van der Waals surface area contributed by atoms with E-state index in [1.807, 2.05) is 42.8 Å². The predicted molar refractivity (Wildman–Crippen MR) is 107 cm³/mol. The Morgan fingerprint density at radius 1 is 1.26 bits per heavy atom. The number of aromatic nitrogens is 2. The van der Waals surface area contributed by atoms with Crippen molar-refractivity contribution in [1.82, 2.24) is 14.9 Å². The summed E-state index contributed by atoms with van der Waals surface area (Å²) in [7, 11) is -3.41. The fourth-order valence-electron chi connectivity index (χ4n) is 2.83. The molecule has 0 saturated heterocycles. The molecule has 0 aliphatic carbocycles. The first-order valence-electron chi connectivity index (χ1n) is 9.05. The van der Waals surface area contributed by atoms with Crippen molar-refractivity contribution in [2.24, 2.45) is 0 Å². The maximum Gasteiger partial charge on any atom is 0.232 e. The van der Waals surface area contributed by atoms with E-state index in [1.165, 1.54) is 10.6 Å². The second kappa shape index (κ2) is 9.55. The summed E-state index contributed by atoms with van der Waals surface area (Å²) in [6.45, 7) is 5.49. The van der Waals surface area contributed by atoms with Gasteiger partial charge in [0.25, 0.3) is 0 Å². The zero-order valence-corrected chi connectivity index (χ0v) is 17.0. The second-order valence-corrected chi connectivity index (χ2v) is 8.64. The summed E-state index contributed by atoms with van der Waals surface area (Å²) >= 11 is 0. The Kier molecular flexibility index (Phi) is 7.41. The molecular formula is C19H28N4O3S. The zero-order valence-electron chi connectivity index (χ0n) is 16.2. The number of anilines is 1. The quantitative estimate of drug-likeness (QED) is 0.629. The summed E-state index contributed by atoms with van der Waals surface area (Å²) in [5.74, 6) is -0.0601. The maximum absolute atomic E-state index is 12.2. The third-order valence-corrected chi connectivity index (χ3v) is 5.45. The van der Waals surface area contributed by atoms with Crippen LogP contribution in [-0.2, 0) is 21.4 Å². The molecule has 0 aliphatic heterocycles. The molecule has 27 heavy (non-hydrogen) atoms. The van der Waals surface area contributed by atoms with E-state index in [-0.39, 0.29) is 12.5 Å². The number of imidazole rings is 1. The molecule has 7 nitrogen and oxygen atoms in total. The molecule has 2 rings (SSSR count). The van der Waals surface area contributed by atoms with Gasteiger partial charge in [-0.3, -0.25) is 9.10 Å². The van der Waals surface area contributed by atoms with Crippen LogP contribution in [0.15, 0.2) is 36.9 Å². The number of rotatable bonds is 10. The second-order valence-electron chi connectivity index (χ2n) is 6.73. The molecule has 0 saturated carbocycles. The number of nitrogens with one attached hydrogen (secondary N) is 1. The lowest BCUT2D eigenvalue weighted by Crippen LogP contribution is -2.33. The number of benzene rings is 1. The van der Waals surface area contributed by atoms with Gasteiger partial charge < -0.3 is 9.88 Å². The lowest BCUT2D eigenvalue weighted by atomic mass is 10.1. The smallest absolute Gasteiger partial charge is 0.232 e. The Morgan fingerprint density at radius 3 is 2.70 bits per heavy atom. The molecule has 1 heterocycles. The fourth-order valence-corrected chi connectivity index (χ4v) is 3.85. The molecule has 0 atom stereocenters. The van der Waals surface area contributed by atoms with E-state index in [1.54, 1.807) is 12.5 Å². The van der Waals surface area contributed by atoms with Crippen LogP contribution in [0.1, 0.15) is 30.4 Å². The van der Waals surface area contributed by atoms with Crippen molar-refractivity contribution in [2.75, 3.05) is 23.7 Å². The summed E-state index contributed by atoms with van der Waals surface area (Å²) in [6, 6.07) is 5.74. The van der Waals surface area contributed by atoms with Gasteiger partial charge in [-0.1, -0.05) is 12.1 Å². The highest BCUT2D eigenvalue weighted by Crippen LogP contribution is 2.24. The lowest BCUT2D eigenvalue weighted by molar-refractivity contribution is -0.121. The van der Waals surface area contributed by atoms with Crippen LogP contribution in [0.4, 0.5) is 5.69 Å². The molecule has 0 fully saturated rings. The van der Waals surface area contributed by atoms with Gasteiger partial charge >= 0.3 is 0 Å². The van der Waals surface area contributed by atoms with Gasteiger partial charge in [-0.05, 0) is 43.9 Å². The number of hydrogen-bond acceptors (Lipinski definition) is 4. The SMILES string of the molecule is Cc1ccc(C)c(N(CCCC(=O)NCCCn2ccnc2)S(C)(=O)=O)c1. The average molecular weight is 393 g/mol. The van der Waals surface area contributed by atoms with Crippen LogP contribution >= 0.6 is 0 Å². The van der Waals surface area contributed by atoms with Crippen LogP contribution in [0, 0.1) is 13.8 Å². The van der Waals surface area contributed by atoms with Gasteiger partial charge in [-0.15, -0.1) is 0 Å². The van der Waals surface area contributed by atoms with Crippen molar-refractivity contribution < 1.29 is 13.2 Å². The Morgan fingerprint density at radius 2 is 2.04 bits per heavy atom. The van der Waals surface area contributed by atoms with Gasteiger partial charge in [0.05, 0.1) is 18.3 Å². The van der Waals surface area contributed by atoms with Gasteiger partial charge in [0, 0.05) is 38.4 Å². The third kappa shape index (κ3) is 6.71. The van der Waals surface area contributed by atoms with Crippen LogP contribution in [0.3, 0.4) is 0 Å². The van der Waals surface area contributed by atoms with Crippen molar-refractivity contribution in [3.63, 3.8) is 0 Å². The Hall–Kier alpha value is -2.35. The number of sulfonamides is 1. The van der Waals surface area contributed by atoms with E-state index in [0.717, 1.165) is 24.1 Å². The number of hydrogen-bond donors (Lipinski definition) is 1. The van der Waals surface area contributed by atoms with Crippen LogP contribution in [0.25, 0.3) is 0 Å². The summed E-state index contributed by atoms with van der Waals surface area (Å²) in [5, 5.41) is 2.88. The number of aryl methyl sites for hydroxylation is 3. The molecule has 8 heteroatoms. The van der Waals surface area contributed by atoms with E-state index in [9.17, 15) is 13.2 Å². The molecule has 0 unspecified atom stereocenters. The molecule has 0 aliphatic rings. The van der Waals surface area contributed by atoms with Crippen LogP contribution in [0.2, 0.25) is 0 Å². The highest BCUT2D eigenvalue weighted by molar-refractivity contribution is 7.92. The van der Waals surface area contributed by atoms with E-state index in [4.69, 9.17) is 0 Å². The molecule has 2 aromatic rings. The normalized spacial score (nSPS) is 11.4. The lowest BCUT2D eigenvalue weighted by Gasteiger charge is -2.24. The highest BCUT2D eigenvalue weighted by Gasteiger charge is 2.19. The van der Waals surface area contributed by atoms with Gasteiger partial charge in [0.2, 0.25) is 15.9 Å². The van der Waals surface area contributed by atoms with Crippen molar-refractivity contribution in [3.05, 3.63) is 48.0 Å². The van der Waals surface area contributed by atoms with Gasteiger partial charge in [-0.2, -0.15) is 0 Å². The predicted octanol–water partition coefficient (Wildman–Crippen LogP) is 2.25. The monoisotopic (exact) mass is 392 g/mol. The van der Waals surface area contributed by atoms with Crippen molar-refractivity contribution in [3.8, 4) is 0 Å². The summed E-state index contributed by atoms with van der Waals surface area (Å²) in [4.78, 5) is 16.0. The molecule has 1 amide bonds. The molecule has 1 aromatic heterocycles. The van der Waals surface area contributed by atoms with Crippen molar-refractivity contribution in [1.29, 1.82) is 0 Å². The maximum atomic E-state index is 12.2. The van der Waals surface area contributed by atoms with E-state index < -0.39 is 10.0 Å². The fraction of sp³-hybridized carbons (Fsp3) is 0.474. The molecule has 1 N–H and O–H groups in total. The van der Waals surface area contributed by atoms with Crippen LogP contribution in [-0.4, -0.2) is 43.2 Å². The summed E-state index contributed by atoms with van der Waals surface area (Å²) in [6.07, 6.45) is 8.13. The number of nitrogens with zero attached hydrogens (tertiary/aromatic N) is 3. The molecule has 1 aromatic carbocycles. The van der Waals surface area contributed by atoms with E-state index in [2.05, 4.69) is 10.3 Å². The minimum absolute atomic E-state index is 0.0601. The summed E-state index contributed by atoms with van der Waals surface area (Å²) in [5.41, 5.74) is 2.58. The average Bonchev–Trinajstić information content (AvgIpc) is 3.10. The highest BCUT2D eigenvalue weighted by atomic mass is 32.2. The number of carbonyl (C=O) groups is 1. The molecule has 0 spiro atoms. The van der Waals surface area contributed by atoms with Crippen LogP contribution in [0.5, 0.6) is 0 Å². The van der Waals surface area contributed by atoms with Gasteiger partial charge in [0.15, 0.2) is 0 Å². The van der Waals surface area contributed by atoms with Gasteiger partial charge in [0.1, 0.15) is 0 Å². The van der Waals surface area contributed by atoms with Crippen LogP contribution < -0.4 is 9.62 Å². The van der Waals surface area contributed by atoms with E-state index >= 15 is 0 Å². The molecule has 0 radical (unpaired) electrons. The Balaban J connectivity index is 1.81. The Labute approximate surface area is 161 Å². The first kappa shape index (κ1) is 21.0. The minimum Gasteiger partial charge on any atom is -0.356 e. The molecule has 0 bridgehead atoms.